The van der Waals surface area contributed by atoms with Crippen molar-refractivity contribution in [2.45, 2.75) is 25.5 Å². The molecule has 150 valence electrons. The van der Waals surface area contributed by atoms with Crippen LogP contribution in [0.15, 0.2) is 42.5 Å². The molecule has 29 heavy (non-hydrogen) atoms. The van der Waals surface area contributed by atoms with Crippen LogP contribution in [0.25, 0.3) is 10.2 Å². The van der Waals surface area contributed by atoms with Crippen LogP contribution in [-0.2, 0) is 9.53 Å². The summed E-state index contributed by atoms with van der Waals surface area (Å²) in [4.78, 5) is 31.3. The molecule has 0 unspecified atom stereocenters. The number of rotatable bonds is 4. The van der Waals surface area contributed by atoms with Crippen LogP contribution in [0.4, 0.5) is 4.39 Å². The van der Waals surface area contributed by atoms with Gasteiger partial charge in [-0.2, -0.15) is 0 Å². The van der Waals surface area contributed by atoms with E-state index in [2.05, 4.69) is 4.98 Å². The van der Waals surface area contributed by atoms with Crippen molar-refractivity contribution in [3.8, 4) is 5.75 Å². The average Bonchev–Trinajstić information content (AvgIpc) is 3.30. The first-order valence-corrected chi connectivity index (χ1v) is 9.95. The number of carbonyl (C=O) groups is 2. The first kappa shape index (κ1) is 19.3. The van der Waals surface area contributed by atoms with E-state index in [-0.39, 0.29) is 24.6 Å². The summed E-state index contributed by atoms with van der Waals surface area (Å²) in [7, 11) is 1.28. The molecular weight excluding hydrogens is 395 g/mol. The molecule has 0 bridgehead atoms. The Morgan fingerprint density at radius 2 is 2.03 bits per heavy atom. The molecule has 0 aliphatic carbocycles. The Kier molecular flexibility index (Phi) is 5.19. The van der Waals surface area contributed by atoms with Gasteiger partial charge in [-0.15, -0.1) is 11.3 Å². The van der Waals surface area contributed by atoms with Crippen molar-refractivity contribution in [1.29, 1.82) is 0 Å². The lowest BCUT2D eigenvalue weighted by Gasteiger charge is -2.22. The number of aromatic nitrogens is 1. The fourth-order valence-electron chi connectivity index (χ4n) is 3.53. The number of hydrogen-bond acceptors (Lipinski definition) is 6. The van der Waals surface area contributed by atoms with Crippen molar-refractivity contribution < 1.29 is 23.5 Å². The smallest absolute Gasteiger partial charge is 0.328 e. The highest BCUT2D eigenvalue weighted by Crippen LogP contribution is 2.28. The second kappa shape index (κ2) is 7.79. The molecule has 2 aromatic carbocycles. The van der Waals surface area contributed by atoms with E-state index in [9.17, 15) is 14.0 Å². The number of thiazole rings is 1. The number of para-hydroxylation sites is 1. The van der Waals surface area contributed by atoms with Crippen molar-refractivity contribution in [3.63, 3.8) is 0 Å². The molecule has 2 atom stereocenters. The number of amides is 1. The minimum atomic E-state index is -0.789. The Hall–Kier alpha value is -3.00. The number of hydrogen-bond donors (Lipinski definition) is 0. The third-order valence-electron chi connectivity index (χ3n) is 4.87. The molecule has 1 aliphatic rings. The first-order valence-electron chi connectivity index (χ1n) is 9.13. The van der Waals surface area contributed by atoms with E-state index >= 15 is 0 Å². The molecule has 1 aromatic heterocycles. The average molecular weight is 414 g/mol. The third-order valence-corrected chi connectivity index (χ3v) is 5.80. The van der Waals surface area contributed by atoms with Crippen molar-refractivity contribution in [2.24, 2.45) is 0 Å². The van der Waals surface area contributed by atoms with E-state index in [4.69, 9.17) is 9.47 Å². The Balaban J connectivity index is 1.59. The first-order chi connectivity index (χ1) is 14.0. The van der Waals surface area contributed by atoms with Gasteiger partial charge < -0.3 is 14.4 Å². The highest BCUT2D eigenvalue weighted by molar-refractivity contribution is 7.18. The van der Waals surface area contributed by atoms with Crippen LogP contribution in [0.5, 0.6) is 5.75 Å². The van der Waals surface area contributed by atoms with Gasteiger partial charge in [0.2, 0.25) is 0 Å². The molecule has 0 N–H and O–H groups in total. The number of likely N-dealkylation sites (tertiary alicyclic amines) is 1. The number of ether oxygens (including phenoxy) is 2. The van der Waals surface area contributed by atoms with E-state index in [1.165, 1.54) is 35.5 Å². The molecule has 1 aliphatic heterocycles. The minimum Gasteiger partial charge on any atom is -0.485 e. The maximum absolute atomic E-state index is 13.9. The zero-order chi connectivity index (χ0) is 20.5. The molecule has 6 nitrogen and oxygen atoms in total. The van der Waals surface area contributed by atoms with E-state index in [0.29, 0.717) is 5.56 Å². The lowest BCUT2D eigenvalue weighted by atomic mass is 10.1. The van der Waals surface area contributed by atoms with Gasteiger partial charge in [0, 0.05) is 12.0 Å². The topological polar surface area (TPSA) is 68.7 Å². The van der Waals surface area contributed by atoms with E-state index in [1.807, 2.05) is 6.92 Å². The predicted octanol–water partition coefficient (Wildman–Crippen LogP) is 3.58. The van der Waals surface area contributed by atoms with E-state index in [1.54, 1.807) is 30.3 Å². The Bertz CT molecular complexity index is 1080. The highest BCUT2D eigenvalue weighted by Gasteiger charge is 2.42. The molecular formula is C21H19FN2O4S. The SMILES string of the molecule is COC(=O)[C@H]1C[C@@H](Oc2ccccc2F)CN1C(=O)c1ccc2nc(C)sc2c1. The van der Waals surface area contributed by atoms with Crippen LogP contribution in [0.1, 0.15) is 21.8 Å². The molecule has 1 amide bonds. The van der Waals surface area contributed by atoms with E-state index < -0.39 is 23.9 Å². The molecule has 0 saturated carbocycles. The van der Waals surface area contributed by atoms with Gasteiger partial charge in [0.25, 0.3) is 5.91 Å². The number of esters is 1. The van der Waals surface area contributed by atoms with Gasteiger partial charge in [0.1, 0.15) is 12.1 Å². The quantitative estimate of drug-likeness (QED) is 0.611. The number of fused-ring (bicyclic) bond motifs is 1. The summed E-state index contributed by atoms with van der Waals surface area (Å²) in [6.45, 7) is 2.07. The largest absolute Gasteiger partial charge is 0.485 e. The maximum Gasteiger partial charge on any atom is 0.328 e. The number of halogens is 1. The highest BCUT2D eigenvalue weighted by atomic mass is 32.1. The van der Waals surface area contributed by atoms with Gasteiger partial charge in [-0.05, 0) is 37.3 Å². The summed E-state index contributed by atoms with van der Waals surface area (Å²) in [6, 6.07) is 10.5. The van der Waals surface area contributed by atoms with Crippen LogP contribution in [0.2, 0.25) is 0 Å². The van der Waals surface area contributed by atoms with Crippen molar-refractivity contribution in [3.05, 3.63) is 58.9 Å². The van der Waals surface area contributed by atoms with Crippen molar-refractivity contribution in [2.75, 3.05) is 13.7 Å². The van der Waals surface area contributed by atoms with Gasteiger partial charge in [0.15, 0.2) is 11.6 Å². The van der Waals surface area contributed by atoms with Gasteiger partial charge >= 0.3 is 5.97 Å². The normalized spacial score (nSPS) is 18.8. The van der Waals surface area contributed by atoms with Gasteiger partial charge in [0.05, 0.1) is 28.9 Å². The summed E-state index contributed by atoms with van der Waals surface area (Å²) in [6.07, 6.45) is -0.288. The van der Waals surface area contributed by atoms with Crippen molar-refractivity contribution >= 4 is 33.4 Å². The summed E-state index contributed by atoms with van der Waals surface area (Å²) in [5.74, 6) is -1.21. The lowest BCUT2D eigenvalue weighted by Crippen LogP contribution is -2.41. The van der Waals surface area contributed by atoms with Gasteiger partial charge in [-0.3, -0.25) is 4.79 Å². The number of nitrogens with zero attached hydrogens (tertiary/aromatic N) is 2. The van der Waals surface area contributed by atoms with Crippen molar-refractivity contribution in [1.82, 2.24) is 9.88 Å². The Morgan fingerprint density at radius 3 is 2.79 bits per heavy atom. The van der Waals surface area contributed by atoms with Crippen LogP contribution in [-0.4, -0.2) is 47.6 Å². The summed E-state index contributed by atoms with van der Waals surface area (Å²) >= 11 is 1.50. The fourth-order valence-corrected chi connectivity index (χ4v) is 4.39. The van der Waals surface area contributed by atoms with Crippen LogP contribution < -0.4 is 4.74 Å². The Labute approximate surface area is 170 Å². The zero-order valence-corrected chi connectivity index (χ0v) is 16.7. The number of benzene rings is 2. The molecule has 4 rings (SSSR count). The van der Waals surface area contributed by atoms with E-state index in [0.717, 1.165) is 15.2 Å². The third kappa shape index (κ3) is 3.80. The lowest BCUT2D eigenvalue weighted by molar-refractivity contribution is -0.145. The summed E-state index contributed by atoms with van der Waals surface area (Å²) in [5.41, 5.74) is 1.29. The van der Waals surface area contributed by atoms with Gasteiger partial charge in [-0.1, -0.05) is 12.1 Å². The number of aryl methyl sites for hydroxylation is 1. The molecule has 0 radical (unpaired) electrons. The summed E-state index contributed by atoms with van der Waals surface area (Å²) in [5, 5.41) is 0.913. The maximum atomic E-state index is 13.9. The van der Waals surface area contributed by atoms with Crippen LogP contribution >= 0.6 is 11.3 Å². The standard InChI is InChI=1S/C21H19FN2O4S/c1-12-23-16-8-7-13(9-19(16)29-12)20(25)24-11-14(10-17(24)21(26)27-2)28-18-6-4-3-5-15(18)22/h3-9,14,17H,10-11H2,1-2H3/t14-,17-/m1/s1. The number of carbonyl (C=O) groups excluding carboxylic acids is 2. The minimum absolute atomic E-state index is 0.0944. The molecule has 3 aromatic rings. The molecule has 1 fully saturated rings. The molecule has 1 saturated heterocycles. The molecule has 2 heterocycles. The predicted molar refractivity (Wildman–Crippen MR) is 107 cm³/mol. The Morgan fingerprint density at radius 1 is 1.24 bits per heavy atom. The molecule has 8 heteroatoms. The number of methoxy groups -OCH3 is 1. The zero-order valence-electron chi connectivity index (χ0n) is 15.9. The van der Waals surface area contributed by atoms with Crippen LogP contribution in [0.3, 0.4) is 0 Å². The second-order valence-electron chi connectivity index (χ2n) is 6.82. The van der Waals surface area contributed by atoms with Gasteiger partial charge in [-0.25, -0.2) is 14.2 Å². The fraction of sp³-hybridized carbons (Fsp3) is 0.286. The second-order valence-corrected chi connectivity index (χ2v) is 8.05. The van der Waals surface area contributed by atoms with Crippen LogP contribution in [0, 0.1) is 12.7 Å². The summed E-state index contributed by atoms with van der Waals surface area (Å²) < 4.78 is 25.5. The monoisotopic (exact) mass is 414 g/mol. The molecule has 0 spiro atoms.